The topological polar surface area (TPSA) is 75.7 Å². The van der Waals surface area contributed by atoms with E-state index in [-0.39, 0.29) is 16.8 Å². The van der Waals surface area contributed by atoms with E-state index in [1.807, 2.05) is 18.2 Å². The Labute approximate surface area is 160 Å². The van der Waals surface area contributed by atoms with E-state index in [2.05, 4.69) is 22.3 Å². The lowest BCUT2D eigenvalue weighted by Gasteiger charge is -2.35. The third-order valence-corrected chi connectivity index (χ3v) is 5.80. The molecule has 0 aliphatic carbocycles. The maximum absolute atomic E-state index is 12.5. The number of nitrogens with one attached hydrogen (secondary N) is 1. The van der Waals surface area contributed by atoms with Gasteiger partial charge in [-0.25, -0.2) is 8.42 Å². The first-order valence-corrected chi connectivity index (χ1v) is 10.8. The van der Waals surface area contributed by atoms with E-state index < -0.39 is 9.84 Å². The Bertz CT molecular complexity index is 861. The minimum Gasteiger partial charge on any atom is -0.379 e. The average Bonchev–Trinajstić information content (AvgIpc) is 2.69. The third kappa shape index (κ3) is 5.15. The quantitative estimate of drug-likeness (QED) is 0.818. The van der Waals surface area contributed by atoms with Crippen LogP contribution in [-0.2, 0) is 14.6 Å². The molecular weight excluding hydrogens is 364 g/mol. The predicted octanol–water partition coefficient (Wildman–Crippen LogP) is 1.89. The molecule has 1 unspecified atom stereocenters. The van der Waals surface area contributed by atoms with Gasteiger partial charge in [-0.1, -0.05) is 30.3 Å². The van der Waals surface area contributed by atoms with Gasteiger partial charge in [0.1, 0.15) is 0 Å². The van der Waals surface area contributed by atoms with Crippen LogP contribution in [0.15, 0.2) is 59.5 Å². The van der Waals surface area contributed by atoms with Gasteiger partial charge in [0.2, 0.25) is 0 Å². The Morgan fingerprint density at radius 2 is 1.70 bits per heavy atom. The van der Waals surface area contributed by atoms with E-state index in [0.29, 0.717) is 25.3 Å². The summed E-state index contributed by atoms with van der Waals surface area (Å²) >= 11 is 0. The van der Waals surface area contributed by atoms with Crippen LogP contribution in [0.3, 0.4) is 0 Å². The Hall–Kier alpha value is -2.22. The van der Waals surface area contributed by atoms with Crippen molar-refractivity contribution in [3.63, 3.8) is 0 Å². The fraction of sp³-hybridized carbons (Fsp3) is 0.350. The highest BCUT2D eigenvalue weighted by molar-refractivity contribution is 7.90. The third-order valence-electron chi connectivity index (χ3n) is 4.67. The fourth-order valence-electron chi connectivity index (χ4n) is 3.17. The number of nitrogens with zero attached hydrogens (tertiary/aromatic N) is 1. The number of sulfone groups is 1. The van der Waals surface area contributed by atoms with Crippen LogP contribution in [0, 0.1) is 0 Å². The number of morpholine rings is 1. The van der Waals surface area contributed by atoms with Crippen molar-refractivity contribution in [1.82, 2.24) is 10.2 Å². The van der Waals surface area contributed by atoms with Gasteiger partial charge in [0.25, 0.3) is 5.91 Å². The highest BCUT2D eigenvalue weighted by Crippen LogP contribution is 2.21. The molecule has 1 amide bonds. The highest BCUT2D eigenvalue weighted by Gasteiger charge is 2.23. The smallest absolute Gasteiger partial charge is 0.251 e. The summed E-state index contributed by atoms with van der Waals surface area (Å²) in [7, 11) is -3.27. The molecule has 3 rings (SSSR count). The molecule has 1 heterocycles. The molecule has 0 saturated carbocycles. The molecule has 6 nitrogen and oxygen atoms in total. The van der Waals surface area contributed by atoms with Crippen LogP contribution in [0.5, 0.6) is 0 Å². The van der Waals surface area contributed by atoms with Gasteiger partial charge in [0.05, 0.1) is 24.2 Å². The van der Waals surface area contributed by atoms with Crippen molar-refractivity contribution in [3.05, 3.63) is 65.7 Å². The second-order valence-electron chi connectivity index (χ2n) is 6.58. The number of rotatable bonds is 6. The fourth-order valence-corrected chi connectivity index (χ4v) is 3.80. The lowest BCUT2D eigenvalue weighted by atomic mass is 10.0. The van der Waals surface area contributed by atoms with Crippen molar-refractivity contribution < 1.29 is 17.9 Å². The lowest BCUT2D eigenvalue weighted by molar-refractivity contribution is 0.0162. The number of benzene rings is 2. The van der Waals surface area contributed by atoms with Gasteiger partial charge in [-0.15, -0.1) is 0 Å². The predicted molar refractivity (Wildman–Crippen MR) is 103 cm³/mol. The van der Waals surface area contributed by atoms with E-state index in [4.69, 9.17) is 4.74 Å². The van der Waals surface area contributed by atoms with E-state index in [9.17, 15) is 13.2 Å². The number of amides is 1. The van der Waals surface area contributed by atoms with Crippen molar-refractivity contribution >= 4 is 15.7 Å². The van der Waals surface area contributed by atoms with E-state index in [1.165, 1.54) is 24.3 Å². The van der Waals surface area contributed by atoms with Crippen molar-refractivity contribution in [1.29, 1.82) is 0 Å². The van der Waals surface area contributed by atoms with E-state index in [0.717, 1.165) is 24.9 Å². The van der Waals surface area contributed by atoms with Gasteiger partial charge < -0.3 is 10.1 Å². The molecular formula is C20H24N2O4S. The van der Waals surface area contributed by atoms with Crippen molar-refractivity contribution in [2.45, 2.75) is 10.9 Å². The van der Waals surface area contributed by atoms with Crippen molar-refractivity contribution in [2.24, 2.45) is 0 Å². The van der Waals surface area contributed by atoms with Crippen LogP contribution < -0.4 is 5.32 Å². The lowest BCUT2D eigenvalue weighted by Crippen LogP contribution is -2.43. The molecule has 1 saturated heterocycles. The largest absolute Gasteiger partial charge is 0.379 e. The van der Waals surface area contributed by atoms with Crippen LogP contribution in [0.1, 0.15) is 22.0 Å². The first-order chi connectivity index (χ1) is 12.9. The molecule has 1 aliphatic rings. The monoisotopic (exact) mass is 388 g/mol. The van der Waals surface area contributed by atoms with E-state index in [1.54, 1.807) is 0 Å². The number of carbonyl (C=O) groups excluding carboxylic acids is 1. The summed E-state index contributed by atoms with van der Waals surface area (Å²) in [5.41, 5.74) is 1.59. The van der Waals surface area contributed by atoms with Crippen molar-refractivity contribution in [3.8, 4) is 0 Å². The summed E-state index contributed by atoms with van der Waals surface area (Å²) in [5, 5.41) is 2.98. The first-order valence-electron chi connectivity index (χ1n) is 8.90. The SMILES string of the molecule is CS(=O)(=O)c1ccc(C(=O)NCC(c2ccccc2)N2CCOCC2)cc1. The normalized spacial score (nSPS) is 16.6. The van der Waals surface area contributed by atoms with Gasteiger partial charge in [0, 0.05) is 31.5 Å². The van der Waals surface area contributed by atoms with Gasteiger partial charge in [-0.2, -0.15) is 0 Å². The van der Waals surface area contributed by atoms with Gasteiger partial charge in [0.15, 0.2) is 9.84 Å². The van der Waals surface area contributed by atoms with Crippen LogP contribution >= 0.6 is 0 Å². The van der Waals surface area contributed by atoms with Crippen LogP contribution in [0.25, 0.3) is 0 Å². The molecule has 1 N–H and O–H groups in total. The van der Waals surface area contributed by atoms with Gasteiger partial charge >= 0.3 is 0 Å². The summed E-state index contributed by atoms with van der Waals surface area (Å²) in [6.45, 7) is 3.47. The molecule has 0 bridgehead atoms. The van der Waals surface area contributed by atoms with Crippen molar-refractivity contribution in [2.75, 3.05) is 39.1 Å². The zero-order valence-electron chi connectivity index (χ0n) is 15.3. The zero-order chi connectivity index (χ0) is 19.3. The highest BCUT2D eigenvalue weighted by atomic mass is 32.2. The number of ether oxygens (including phenoxy) is 1. The summed E-state index contributed by atoms with van der Waals surface area (Å²) < 4.78 is 28.5. The molecule has 144 valence electrons. The molecule has 1 atom stereocenters. The minimum atomic E-state index is -3.27. The molecule has 27 heavy (non-hydrogen) atoms. The number of hydrogen-bond acceptors (Lipinski definition) is 5. The Morgan fingerprint density at radius 3 is 2.30 bits per heavy atom. The van der Waals surface area contributed by atoms with E-state index >= 15 is 0 Å². The second kappa shape index (κ2) is 8.65. The minimum absolute atomic E-state index is 0.0642. The molecule has 0 radical (unpaired) electrons. The van der Waals surface area contributed by atoms with Gasteiger partial charge in [-0.3, -0.25) is 9.69 Å². The second-order valence-corrected chi connectivity index (χ2v) is 8.60. The molecule has 0 spiro atoms. The summed E-state index contributed by atoms with van der Waals surface area (Å²) in [5.74, 6) is -0.218. The summed E-state index contributed by atoms with van der Waals surface area (Å²) in [4.78, 5) is 15.0. The Morgan fingerprint density at radius 1 is 1.07 bits per heavy atom. The molecule has 2 aromatic rings. The Kier molecular flexibility index (Phi) is 6.26. The summed E-state index contributed by atoms with van der Waals surface area (Å²) in [6.07, 6.45) is 1.15. The number of carbonyl (C=O) groups is 1. The standard InChI is InChI=1S/C20H24N2O4S/c1-27(24,25)18-9-7-17(8-10-18)20(23)21-15-19(16-5-3-2-4-6-16)22-11-13-26-14-12-22/h2-10,19H,11-15H2,1H3,(H,21,23). The molecule has 2 aromatic carbocycles. The van der Waals surface area contributed by atoms with Crippen LogP contribution in [-0.4, -0.2) is 58.3 Å². The maximum atomic E-state index is 12.5. The first kappa shape index (κ1) is 19.5. The summed E-state index contributed by atoms with van der Waals surface area (Å²) in [6, 6.07) is 16.2. The number of hydrogen-bond donors (Lipinski definition) is 1. The van der Waals surface area contributed by atoms with Crippen LogP contribution in [0.2, 0.25) is 0 Å². The zero-order valence-corrected chi connectivity index (χ0v) is 16.1. The van der Waals surface area contributed by atoms with Crippen LogP contribution in [0.4, 0.5) is 0 Å². The molecule has 0 aromatic heterocycles. The molecule has 1 aliphatic heterocycles. The van der Waals surface area contributed by atoms with Gasteiger partial charge in [-0.05, 0) is 29.8 Å². The average molecular weight is 388 g/mol. The molecule has 7 heteroatoms. The maximum Gasteiger partial charge on any atom is 0.251 e. The Balaban J connectivity index is 1.70. The molecule has 1 fully saturated rings.